The number of piperazine rings is 1. The Kier molecular flexibility index (Phi) is 5.05. The largest absolute Gasteiger partial charge is 0.733 e. The molecule has 2 unspecified atom stereocenters. The van der Waals surface area contributed by atoms with Crippen LogP contribution in [0.25, 0.3) is 10.9 Å². The Morgan fingerprint density at radius 3 is 2.68 bits per heavy atom. The Labute approximate surface area is 176 Å². The molecule has 1 aromatic heterocycles. The zero-order chi connectivity index (χ0) is 22.3. The lowest BCUT2D eigenvalue weighted by Crippen LogP contribution is -2.70. The normalized spacial score (nSPS) is 21.4. The smallest absolute Gasteiger partial charge is 0.276 e. The summed E-state index contributed by atoms with van der Waals surface area (Å²) in [5.74, 6) is -1.29. The highest BCUT2D eigenvalue weighted by molar-refractivity contribution is 6.00. The van der Waals surface area contributed by atoms with Crippen LogP contribution in [0.2, 0.25) is 0 Å². The van der Waals surface area contributed by atoms with Crippen molar-refractivity contribution >= 4 is 28.4 Å². The third-order valence-corrected chi connectivity index (χ3v) is 5.53. The fourth-order valence-electron chi connectivity index (χ4n) is 4.02. The highest BCUT2D eigenvalue weighted by Crippen LogP contribution is 2.31. The maximum Gasteiger partial charge on any atom is 0.276 e. The molecule has 31 heavy (non-hydrogen) atoms. The average Bonchev–Trinajstić information content (AvgIpc) is 3.12. The van der Waals surface area contributed by atoms with Crippen LogP contribution >= 0.6 is 0 Å². The summed E-state index contributed by atoms with van der Waals surface area (Å²) in [6.07, 6.45) is 1.45. The molecule has 4 rings (SSSR count). The van der Waals surface area contributed by atoms with Gasteiger partial charge in [-0.15, -0.1) is 0 Å². The van der Waals surface area contributed by atoms with Gasteiger partial charge in [-0.05, 0) is 35.4 Å². The van der Waals surface area contributed by atoms with Gasteiger partial charge in [0.15, 0.2) is 0 Å². The SMILES string of the molecule is CN1C(=O)C(O)(Cc2cccc(O)c2)NC(=O)C1Cc1c[nH]c2cccc(N([O-])O)c12. The van der Waals surface area contributed by atoms with Crippen molar-refractivity contribution in [2.45, 2.75) is 24.6 Å². The first-order valence-electron chi connectivity index (χ1n) is 9.54. The number of phenols is 1. The molecule has 1 aliphatic heterocycles. The molecule has 10 heteroatoms. The van der Waals surface area contributed by atoms with E-state index in [9.17, 15) is 30.2 Å². The van der Waals surface area contributed by atoms with Gasteiger partial charge >= 0.3 is 0 Å². The Morgan fingerprint density at radius 2 is 1.97 bits per heavy atom. The molecule has 162 valence electrons. The lowest BCUT2D eigenvalue weighted by molar-refractivity contribution is -0.170. The number of aromatic nitrogens is 1. The number of nitrogens with zero attached hydrogens (tertiary/aromatic N) is 2. The molecule has 0 saturated carbocycles. The lowest BCUT2D eigenvalue weighted by Gasteiger charge is -2.41. The summed E-state index contributed by atoms with van der Waals surface area (Å²) >= 11 is 0. The van der Waals surface area contributed by atoms with Crippen molar-refractivity contribution in [3.63, 3.8) is 0 Å². The van der Waals surface area contributed by atoms with Gasteiger partial charge in [0, 0.05) is 37.0 Å². The minimum absolute atomic E-state index is 0.0133. The number of likely N-dealkylation sites (N-methyl/N-ethyl adjacent to an activating group) is 1. The standard InChI is InChI=1S/C21H21N4O6/c1-24-17(9-13-11-22-15-6-3-7-16(18(13)15)25(30)31)19(27)23-21(29,20(24)28)10-12-4-2-5-14(26)8-12/h2-8,11,17,22,26,29-30H,9-10H2,1H3,(H,23,27)/q-1. The second kappa shape index (κ2) is 7.58. The Morgan fingerprint density at radius 1 is 1.23 bits per heavy atom. The fourth-order valence-corrected chi connectivity index (χ4v) is 4.02. The van der Waals surface area contributed by atoms with Crippen molar-refractivity contribution in [1.82, 2.24) is 15.2 Å². The van der Waals surface area contributed by atoms with Gasteiger partial charge in [-0.1, -0.05) is 18.2 Å². The molecule has 2 heterocycles. The molecule has 2 atom stereocenters. The van der Waals surface area contributed by atoms with Crippen molar-refractivity contribution in [3.05, 3.63) is 65.0 Å². The summed E-state index contributed by atoms with van der Waals surface area (Å²) in [6.45, 7) is 0. The lowest BCUT2D eigenvalue weighted by atomic mass is 9.94. The molecule has 1 fully saturated rings. The number of phenolic OH excluding ortho intramolecular Hbond substituents is 1. The number of anilines is 1. The summed E-state index contributed by atoms with van der Waals surface area (Å²) < 4.78 is 0. The van der Waals surface area contributed by atoms with Crippen LogP contribution in [-0.4, -0.2) is 55.9 Å². The van der Waals surface area contributed by atoms with Crippen LogP contribution in [0.15, 0.2) is 48.7 Å². The van der Waals surface area contributed by atoms with Crippen molar-refractivity contribution in [1.29, 1.82) is 0 Å². The van der Waals surface area contributed by atoms with Crippen molar-refractivity contribution in [2.75, 3.05) is 12.3 Å². The first-order valence-corrected chi connectivity index (χ1v) is 9.54. The van der Waals surface area contributed by atoms with Crippen LogP contribution in [0.1, 0.15) is 11.1 Å². The summed E-state index contributed by atoms with van der Waals surface area (Å²) in [5, 5.41) is 44.0. The van der Waals surface area contributed by atoms with Crippen LogP contribution in [0.5, 0.6) is 5.75 Å². The molecular weight excluding hydrogens is 404 g/mol. The first-order chi connectivity index (χ1) is 14.7. The number of carbonyl (C=O) groups is 2. The minimum atomic E-state index is -2.15. The van der Waals surface area contributed by atoms with E-state index >= 15 is 0 Å². The number of aliphatic hydroxyl groups is 1. The Bertz CT molecular complexity index is 1160. The summed E-state index contributed by atoms with van der Waals surface area (Å²) in [7, 11) is 1.42. The molecule has 0 bridgehead atoms. The Hall–Kier alpha value is -3.60. The predicted molar refractivity (Wildman–Crippen MR) is 111 cm³/mol. The van der Waals surface area contributed by atoms with Crippen LogP contribution < -0.4 is 10.5 Å². The first kappa shape index (κ1) is 20.7. The maximum atomic E-state index is 13.0. The van der Waals surface area contributed by atoms with Gasteiger partial charge in [0.1, 0.15) is 11.8 Å². The topological polar surface area (TPSA) is 152 Å². The zero-order valence-corrected chi connectivity index (χ0v) is 16.6. The summed E-state index contributed by atoms with van der Waals surface area (Å²) in [4.78, 5) is 30.0. The number of amides is 2. The minimum Gasteiger partial charge on any atom is -0.733 e. The van der Waals surface area contributed by atoms with Crippen LogP contribution in [0, 0.1) is 5.21 Å². The molecule has 5 N–H and O–H groups in total. The molecule has 10 nitrogen and oxygen atoms in total. The van der Waals surface area contributed by atoms with E-state index in [-0.39, 0.29) is 29.5 Å². The molecule has 1 aliphatic rings. The van der Waals surface area contributed by atoms with Crippen LogP contribution in [-0.2, 0) is 22.4 Å². The van der Waals surface area contributed by atoms with Crippen LogP contribution in [0.4, 0.5) is 5.69 Å². The fraction of sp³-hybridized carbons (Fsp3) is 0.238. The van der Waals surface area contributed by atoms with Gasteiger partial charge < -0.3 is 35.8 Å². The summed E-state index contributed by atoms with van der Waals surface area (Å²) in [6, 6.07) is 9.88. The van der Waals surface area contributed by atoms with E-state index in [0.717, 1.165) is 4.90 Å². The molecule has 2 aromatic carbocycles. The predicted octanol–water partition coefficient (Wildman–Crippen LogP) is 0.997. The van der Waals surface area contributed by atoms with Crippen molar-refractivity contribution < 1.29 is 25.0 Å². The van der Waals surface area contributed by atoms with E-state index in [1.54, 1.807) is 30.5 Å². The molecule has 0 spiro atoms. The van der Waals surface area contributed by atoms with Crippen molar-refractivity contribution in [3.8, 4) is 5.75 Å². The number of H-pyrrole nitrogens is 1. The van der Waals surface area contributed by atoms with E-state index in [0.29, 0.717) is 22.0 Å². The average molecular weight is 425 g/mol. The zero-order valence-electron chi connectivity index (χ0n) is 16.6. The number of nitrogens with one attached hydrogen (secondary N) is 2. The van der Waals surface area contributed by atoms with Crippen LogP contribution in [0.3, 0.4) is 0 Å². The number of benzene rings is 2. The van der Waals surface area contributed by atoms with Gasteiger partial charge in [-0.3, -0.25) is 14.8 Å². The number of hydrogen-bond acceptors (Lipinski definition) is 7. The van der Waals surface area contributed by atoms with E-state index in [2.05, 4.69) is 10.3 Å². The summed E-state index contributed by atoms with van der Waals surface area (Å²) in [5.41, 5.74) is -0.521. The van der Waals surface area contributed by atoms with Gasteiger partial charge in [-0.2, -0.15) is 0 Å². The van der Waals surface area contributed by atoms with Crippen molar-refractivity contribution in [2.24, 2.45) is 0 Å². The third kappa shape index (κ3) is 3.67. The highest BCUT2D eigenvalue weighted by Gasteiger charge is 2.48. The quantitative estimate of drug-likeness (QED) is 0.382. The van der Waals surface area contributed by atoms with E-state index in [4.69, 9.17) is 0 Å². The number of rotatable bonds is 5. The number of aromatic hydroxyl groups is 1. The highest BCUT2D eigenvalue weighted by atomic mass is 16.8. The molecule has 0 radical (unpaired) electrons. The number of hydrogen-bond donors (Lipinski definition) is 5. The van der Waals surface area contributed by atoms with E-state index < -0.39 is 23.6 Å². The van der Waals surface area contributed by atoms with E-state index in [1.807, 2.05) is 0 Å². The third-order valence-electron chi connectivity index (χ3n) is 5.53. The molecular formula is C21H21N4O6-. The number of carbonyl (C=O) groups excluding carboxylic acids is 2. The Balaban J connectivity index is 1.61. The number of aromatic amines is 1. The molecule has 0 aliphatic carbocycles. The maximum absolute atomic E-state index is 13.0. The van der Waals surface area contributed by atoms with Gasteiger partial charge in [-0.25, -0.2) is 0 Å². The van der Waals surface area contributed by atoms with Gasteiger partial charge in [0.05, 0.1) is 5.69 Å². The van der Waals surface area contributed by atoms with E-state index in [1.165, 1.54) is 25.2 Å². The van der Waals surface area contributed by atoms with Gasteiger partial charge in [0.2, 0.25) is 11.6 Å². The second-order valence-electron chi connectivity index (χ2n) is 7.62. The number of fused-ring (bicyclic) bond motifs is 1. The monoisotopic (exact) mass is 425 g/mol. The molecule has 1 saturated heterocycles. The molecule has 2 amide bonds. The molecule has 3 aromatic rings. The second-order valence-corrected chi connectivity index (χ2v) is 7.62. The van der Waals surface area contributed by atoms with Gasteiger partial charge in [0.25, 0.3) is 5.91 Å².